The molecule has 7 rings (SSSR count). The van der Waals surface area contributed by atoms with E-state index in [1.165, 1.54) is 32.1 Å². The van der Waals surface area contributed by atoms with Gasteiger partial charge in [-0.25, -0.2) is 0 Å². The number of hydrogen-bond acceptors (Lipinski definition) is 4. The Hall–Kier alpha value is -0.900. The summed E-state index contributed by atoms with van der Waals surface area (Å²) in [5.74, 6) is 2.07. The average molecular weight is 469 g/mol. The average Bonchev–Trinajstić information content (AvgIpc) is 3.24. The first-order valence-electron chi connectivity index (χ1n) is 14.3. The zero-order chi connectivity index (χ0) is 24.1. The molecule has 4 nitrogen and oxygen atoms in total. The first kappa shape index (κ1) is 22.3. The quantitative estimate of drug-likeness (QED) is 0.391. The second kappa shape index (κ2) is 6.14. The van der Waals surface area contributed by atoms with Crippen LogP contribution in [-0.2, 0) is 19.1 Å². The van der Waals surface area contributed by atoms with E-state index in [0.717, 1.165) is 31.6 Å². The van der Waals surface area contributed by atoms with Gasteiger partial charge < -0.3 is 9.47 Å². The smallest absolute Gasteiger partial charge is 0.311 e. The molecule has 0 amide bonds. The zero-order valence-corrected chi connectivity index (χ0v) is 22.2. The van der Waals surface area contributed by atoms with Gasteiger partial charge in [-0.1, -0.05) is 41.5 Å². The maximum absolute atomic E-state index is 12.9. The fraction of sp³-hybridized carbons (Fsp3) is 0.933. The highest BCUT2D eigenvalue weighted by Crippen LogP contribution is 2.89. The minimum atomic E-state index is -0.679. The van der Waals surface area contributed by atoms with Gasteiger partial charge in [0.2, 0.25) is 5.79 Å². The van der Waals surface area contributed by atoms with E-state index in [2.05, 4.69) is 34.6 Å². The number of Topliss-reactive ketones (excluding diaryl/α,β-unsaturated/α-hetero) is 1. The molecule has 0 aromatic heterocycles. The summed E-state index contributed by atoms with van der Waals surface area (Å²) in [7, 11) is 0. The van der Waals surface area contributed by atoms with E-state index in [9.17, 15) is 9.59 Å². The van der Waals surface area contributed by atoms with E-state index < -0.39 is 5.79 Å². The summed E-state index contributed by atoms with van der Waals surface area (Å²) < 4.78 is 12.8. The molecule has 0 unspecified atom stereocenters. The molecule has 0 aromatic rings. The van der Waals surface area contributed by atoms with Gasteiger partial charge in [-0.05, 0) is 90.3 Å². The lowest BCUT2D eigenvalue weighted by atomic mass is 9.42. The van der Waals surface area contributed by atoms with Crippen LogP contribution in [0.15, 0.2) is 0 Å². The van der Waals surface area contributed by atoms with Crippen LogP contribution >= 0.6 is 0 Å². The molecule has 3 spiro atoms. The molecule has 34 heavy (non-hydrogen) atoms. The minimum Gasteiger partial charge on any atom is -0.433 e. The van der Waals surface area contributed by atoms with Gasteiger partial charge in [0.05, 0.1) is 12.0 Å². The third-order valence-corrected chi connectivity index (χ3v) is 13.8. The zero-order valence-electron chi connectivity index (χ0n) is 22.2. The predicted octanol–water partition coefficient (Wildman–Crippen LogP) is 6.31. The molecular weight excluding hydrogens is 424 g/mol. The highest BCUT2D eigenvalue weighted by Gasteiger charge is 2.83. The Morgan fingerprint density at radius 3 is 2.24 bits per heavy atom. The van der Waals surface area contributed by atoms with Crippen LogP contribution < -0.4 is 0 Å². The van der Waals surface area contributed by atoms with Crippen molar-refractivity contribution < 1.29 is 19.1 Å². The monoisotopic (exact) mass is 468 g/mol. The van der Waals surface area contributed by atoms with Crippen molar-refractivity contribution in [3.05, 3.63) is 0 Å². The van der Waals surface area contributed by atoms with Crippen LogP contribution in [0.2, 0.25) is 0 Å². The van der Waals surface area contributed by atoms with Crippen molar-refractivity contribution in [2.45, 2.75) is 118 Å². The molecule has 5 aliphatic carbocycles. The Kier molecular flexibility index (Phi) is 4.03. The van der Waals surface area contributed by atoms with Gasteiger partial charge >= 0.3 is 5.97 Å². The van der Waals surface area contributed by atoms with Crippen LogP contribution in [0.5, 0.6) is 0 Å². The SMILES string of the molecule is C[C@@H]1C[C@@]2(C[C@@H](C)[C@H]3[C@@H](C[C@@]4(C)[C@@H]5CC[C@H]6C(C)(C)C(=O)CC[C@@]67C[C@@]57CC[C@]34C)O2)OC1=O. The molecule has 7 fully saturated rings. The van der Waals surface area contributed by atoms with Gasteiger partial charge in [-0.3, -0.25) is 9.59 Å². The third kappa shape index (κ3) is 2.24. The van der Waals surface area contributed by atoms with Crippen molar-refractivity contribution in [2.24, 2.45) is 56.7 Å². The standard InChI is InChI=1S/C30H44O4/c1-17-13-30(14-18(2)24(32)34-30)33-19-15-27(6)21-8-7-20-25(3,4)22(31)9-10-28(20)16-29(21,28)12-11-26(27,5)23(17)19/h17-21,23H,7-16H2,1-6H3/t17-,18-,19-,20+,21+,23+,26-,27+,28-,29+,30-/m1/s1. The number of carbonyl (C=O) groups is 2. The Morgan fingerprint density at radius 2 is 1.53 bits per heavy atom. The van der Waals surface area contributed by atoms with Crippen molar-refractivity contribution >= 4 is 11.8 Å². The van der Waals surface area contributed by atoms with Crippen LogP contribution in [-0.4, -0.2) is 23.6 Å². The Balaban J connectivity index is 1.24. The Bertz CT molecular complexity index is 986. The molecule has 7 aliphatic rings. The van der Waals surface area contributed by atoms with Gasteiger partial charge in [-0.15, -0.1) is 0 Å². The third-order valence-electron chi connectivity index (χ3n) is 13.8. The van der Waals surface area contributed by atoms with E-state index in [1.807, 2.05) is 6.92 Å². The van der Waals surface area contributed by atoms with Crippen LogP contribution in [0.1, 0.15) is 106 Å². The van der Waals surface area contributed by atoms with Gasteiger partial charge in [0, 0.05) is 24.7 Å². The maximum atomic E-state index is 12.9. The van der Waals surface area contributed by atoms with Crippen LogP contribution in [0.3, 0.4) is 0 Å². The lowest BCUT2D eigenvalue weighted by Crippen LogP contribution is -2.57. The first-order valence-corrected chi connectivity index (χ1v) is 14.3. The number of hydrogen-bond donors (Lipinski definition) is 0. The molecule has 4 heteroatoms. The predicted molar refractivity (Wildman–Crippen MR) is 129 cm³/mol. The van der Waals surface area contributed by atoms with E-state index >= 15 is 0 Å². The Labute approximate surface area is 205 Å². The first-order chi connectivity index (χ1) is 15.8. The van der Waals surface area contributed by atoms with Crippen LogP contribution in [0.4, 0.5) is 0 Å². The van der Waals surface area contributed by atoms with Crippen molar-refractivity contribution in [3.63, 3.8) is 0 Å². The topological polar surface area (TPSA) is 52.6 Å². The van der Waals surface area contributed by atoms with E-state index in [0.29, 0.717) is 40.8 Å². The molecule has 2 saturated heterocycles. The summed E-state index contributed by atoms with van der Waals surface area (Å²) in [5.41, 5.74) is 1.25. The highest BCUT2D eigenvalue weighted by atomic mass is 16.7. The minimum absolute atomic E-state index is 0.0548. The summed E-state index contributed by atoms with van der Waals surface area (Å²) in [6.45, 7) is 14.1. The summed E-state index contributed by atoms with van der Waals surface area (Å²) in [4.78, 5) is 25.3. The molecular formula is C30H44O4. The van der Waals surface area contributed by atoms with Crippen LogP contribution in [0, 0.1) is 56.7 Å². The number of ether oxygens (including phenoxy) is 2. The molecule has 2 aliphatic heterocycles. The van der Waals surface area contributed by atoms with Crippen molar-refractivity contribution in [3.8, 4) is 0 Å². The summed E-state index contributed by atoms with van der Waals surface area (Å²) in [6.07, 6.45) is 11.3. The lowest BCUT2D eigenvalue weighted by molar-refractivity contribution is -0.276. The summed E-state index contributed by atoms with van der Waals surface area (Å²) >= 11 is 0. The summed E-state index contributed by atoms with van der Waals surface area (Å²) in [5, 5.41) is 0. The van der Waals surface area contributed by atoms with Gasteiger partial charge in [-0.2, -0.15) is 0 Å². The molecule has 5 saturated carbocycles. The molecule has 0 aromatic carbocycles. The summed E-state index contributed by atoms with van der Waals surface area (Å²) in [6, 6.07) is 0. The van der Waals surface area contributed by atoms with Gasteiger partial charge in [0.25, 0.3) is 0 Å². The number of ketones is 1. The van der Waals surface area contributed by atoms with E-state index in [4.69, 9.17) is 9.47 Å². The highest BCUT2D eigenvalue weighted by molar-refractivity contribution is 5.86. The van der Waals surface area contributed by atoms with Gasteiger partial charge in [0.15, 0.2) is 0 Å². The fourth-order valence-corrected chi connectivity index (χ4v) is 12.4. The van der Waals surface area contributed by atoms with E-state index in [-0.39, 0.29) is 34.2 Å². The van der Waals surface area contributed by atoms with Crippen molar-refractivity contribution in [1.82, 2.24) is 0 Å². The molecule has 0 bridgehead atoms. The normalized spacial score (nSPS) is 61.1. The molecule has 2 heterocycles. The molecule has 0 N–H and O–H groups in total. The number of carbonyl (C=O) groups excluding carboxylic acids is 2. The second-order valence-corrected chi connectivity index (χ2v) is 15.2. The fourth-order valence-electron chi connectivity index (χ4n) is 12.4. The van der Waals surface area contributed by atoms with Gasteiger partial charge in [0.1, 0.15) is 5.78 Å². The van der Waals surface area contributed by atoms with Crippen LogP contribution in [0.25, 0.3) is 0 Å². The second-order valence-electron chi connectivity index (χ2n) is 15.2. The molecule has 188 valence electrons. The molecule has 0 radical (unpaired) electrons. The Morgan fingerprint density at radius 1 is 0.824 bits per heavy atom. The van der Waals surface area contributed by atoms with E-state index in [1.54, 1.807) is 0 Å². The largest absolute Gasteiger partial charge is 0.433 e. The lowest BCUT2D eigenvalue weighted by Gasteiger charge is -2.62. The number of fused-ring (bicyclic) bond motifs is 4. The molecule has 11 atom stereocenters. The van der Waals surface area contributed by atoms with Crippen molar-refractivity contribution in [2.75, 3.05) is 0 Å². The van der Waals surface area contributed by atoms with Crippen molar-refractivity contribution in [1.29, 1.82) is 0 Å². The maximum Gasteiger partial charge on any atom is 0.311 e. The number of rotatable bonds is 0. The number of esters is 1.